The van der Waals surface area contributed by atoms with E-state index in [9.17, 15) is 19.5 Å². The Hall–Kier alpha value is -5.19. The molecule has 2 N–H and O–H groups in total. The molecule has 10 nitrogen and oxygen atoms in total. The first-order chi connectivity index (χ1) is 22.8. The minimum atomic E-state index is -0.871. The van der Waals surface area contributed by atoms with Gasteiger partial charge in [0.25, 0.3) is 0 Å². The van der Waals surface area contributed by atoms with Crippen molar-refractivity contribution in [1.82, 2.24) is 30.1 Å². The standard InChI is InChI=1S/C36H35ClN6O4/c1-2-17-41-24-34(45)42-31(19-25-11-14-30(44)15-12-25)35(46)40(22-27-9-6-10-28(18-27)29-13-16-32(37)38-21-29)23-33(42)43(41)36(47)39-20-26-7-4-3-5-8-26/h2-16,18,21,31,33,44H,1,17,19-20,22-24H2,(H,39,47)/t31-,33-/m0/s1. The van der Waals surface area contributed by atoms with Crippen molar-refractivity contribution in [3.63, 3.8) is 0 Å². The summed E-state index contributed by atoms with van der Waals surface area (Å²) < 4.78 is 0. The quantitative estimate of drug-likeness (QED) is 0.198. The molecule has 0 unspecified atom stereocenters. The summed E-state index contributed by atoms with van der Waals surface area (Å²) in [5, 5.41) is 16.5. The van der Waals surface area contributed by atoms with Gasteiger partial charge in [-0.3, -0.25) is 9.59 Å². The topological polar surface area (TPSA) is 109 Å². The molecule has 0 bridgehead atoms. The Morgan fingerprint density at radius 1 is 0.957 bits per heavy atom. The average molecular weight is 651 g/mol. The van der Waals surface area contributed by atoms with Crippen molar-refractivity contribution < 1.29 is 19.5 Å². The van der Waals surface area contributed by atoms with Crippen LogP contribution in [0.4, 0.5) is 4.79 Å². The Bertz CT molecular complexity index is 1750. The first-order valence-electron chi connectivity index (χ1n) is 15.4. The van der Waals surface area contributed by atoms with Crippen LogP contribution in [0.25, 0.3) is 11.1 Å². The number of rotatable bonds is 9. The van der Waals surface area contributed by atoms with Gasteiger partial charge in [-0.2, -0.15) is 0 Å². The molecule has 3 aromatic carbocycles. The molecule has 11 heteroatoms. The van der Waals surface area contributed by atoms with E-state index in [0.717, 1.165) is 27.8 Å². The molecule has 0 radical (unpaired) electrons. The molecule has 47 heavy (non-hydrogen) atoms. The highest BCUT2D eigenvalue weighted by Crippen LogP contribution is 2.30. The van der Waals surface area contributed by atoms with E-state index in [4.69, 9.17) is 11.6 Å². The van der Waals surface area contributed by atoms with Gasteiger partial charge in [0, 0.05) is 37.8 Å². The van der Waals surface area contributed by atoms with E-state index in [-0.39, 0.29) is 56.2 Å². The van der Waals surface area contributed by atoms with Gasteiger partial charge in [0.15, 0.2) is 0 Å². The van der Waals surface area contributed by atoms with Crippen LogP contribution in [0.3, 0.4) is 0 Å². The number of fused-ring (bicyclic) bond motifs is 1. The van der Waals surface area contributed by atoms with Crippen molar-refractivity contribution >= 4 is 29.4 Å². The second kappa shape index (κ2) is 14.1. The lowest BCUT2D eigenvalue weighted by atomic mass is 9.98. The maximum absolute atomic E-state index is 14.3. The lowest BCUT2D eigenvalue weighted by molar-refractivity contribution is -0.189. The molecule has 2 fully saturated rings. The van der Waals surface area contributed by atoms with E-state index in [2.05, 4.69) is 16.9 Å². The van der Waals surface area contributed by atoms with Gasteiger partial charge >= 0.3 is 6.03 Å². The molecular weight excluding hydrogens is 616 g/mol. The number of pyridine rings is 1. The van der Waals surface area contributed by atoms with Gasteiger partial charge in [0.05, 0.1) is 13.1 Å². The molecule has 0 saturated carbocycles. The zero-order valence-corrected chi connectivity index (χ0v) is 26.5. The van der Waals surface area contributed by atoms with Crippen molar-refractivity contribution in [2.45, 2.75) is 31.7 Å². The van der Waals surface area contributed by atoms with E-state index in [0.29, 0.717) is 11.7 Å². The van der Waals surface area contributed by atoms with E-state index < -0.39 is 12.2 Å². The highest BCUT2D eigenvalue weighted by atomic mass is 35.5. The number of aromatic hydroxyl groups is 1. The number of piperazine rings is 1. The van der Waals surface area contributed by atoms with Crippen LogP contribution in [0.1, 0.15) is 16.7 Å². The summed E-state index contributed by atoms with van der Waals surface area (Å²) in [6.07, 6.45) is 2.80. The van der Waals surface area contributed by atoms with Crippen LogP contribution in [-0.4, -0.2) is 79.6 Å². The summed E-state index contributed by atoms with van der Waals surface area (Å²) in [6, 6.07) is 26.4. The van der Waals surface area contributed by atoms with Gasteiger partial charge in [0.2, 0.25) is 11.8 Å². The fraction of sp³-hybridized carbons (Fsp3) is 0.222. The van der Waals surface area contributed by atoms with Crippen molar-refractivity contribution in [3.8, 4) is 16.9 Å². The molecule has 3 heterocycles. The maximum Gasteiger partial charge on any atom is 0.334 e. The number of phenols is 1. The lowest BCUT2D eigenvalue weighted by Gasteiger charge is -2.55. The van der Waals surface area contributed by atoms with Crippen LogP contribution in [0, 0.1) is 0 Å². The van der Waals surface area contributed by atoms with Crippen molar-refractivity contribution in [1.29, 1.82) is 0 Å². The number of nitrogens with one attached hydrogen (secondary N) is 1. The normalized spacial score (nSPS) is 18.2. The number of halogens is 1. The summed E-state index contributed by atoms with van der Waals surface area (Å²) in [5.41, 5.74) is 4.40. The Labute approximate surface area is 278 Å². The number of benzene rings is 3. The first kappa shape index (κ1) is 31.8. The van der Waals surface area contributed by atoms with Crippen LogP contribution < -0.4 is 5.32 Å². The fourth-order valence-electron chi connectivity index (χ4n) is 6.17. The zero-order chi connectivity index (χ0) is 32.9. The molecule has 2 saturated heterocycles. The molecule has 1 aromatic heterocycles. The number of amides is 4. The minimum absolute atomic E-state index is 0.0855. The summed E-state index contributed by atoms with van der Waals surface area (Å²) in [4.78, 5) is 49.5. The Morgan fingerprint density at radius 3 is 2.45 bits per heavy atom. The average Bonchev–Trinajstić information content (AvgIpc) is 3.07. The van der Waals surface area contributed by atoms with Gasteiger partial charge < -0.3 is 20.2 Å². The van der Waals surface area contributed by atoms with Gasteiger partial charge in [-0.15, -0.1) is 6.58 Å². The zero-order valence-electron chi connectivity index (χ0n) is 25.7. The van der Waals surface area contributed by atoms with Crippen molar-refractivity contribution in [2.24, 2.45) is 0 Å². The molecule has 2 atom stereocenters. The fourth-order valence-corrected chi connectivity index (χ4v) is 6.28. The third-order valence-electron chi connectivity index (χ3n) is 8.39. The number of carbonyl (C=O) groups excluding carboxylic acids is 3. The van der Waals surface area contributed by atoms with Crippen LogP contribution >= 0.6 is 11.6 Å². The minimum Gasteiger partial charge on any atom is -0.508 e. The van der Waals surface area contributed by atoms with E-state index in [1.165, 1.54) is 0 Å². The van der Waals surface area contributed by atoms with Gasteiger partial charge in [-0.05, 0) is 52.6 Å². The number of aromatic nitrogens is 1. The highest BCUT2D eigenvalue weighted by Gasteiger charge is 2.51. The van der Waals surface area contributed by atoms with Crippen LogP contribution in [0.15, 0.2) is 110 Å². The lowest BCUT2D eigenvalue weighted by Crippen LogP contribution is -2.76. The molecule has 2 aliphatic rings. The number of carbonyl (C=O) groups is 3. The summed E-state index contributed by atoms with van der Waals surface area (Å²) in [6.45, 7) is 4.70. The smallest absolute Gasteiger partial charge is 0.334 e. The largest absolute Gasteiger partial charge is 0.508 e. The predicted molar refractivity (Wildman–Crippen MR) is 179 cm³/mol. The summed E-state index contributed by atoms with van der Waals surface area (Å²) in [7, 11) is 0. The molecular formula is C36H35ClN6O4. The Morgan fingerprint density at radius 2 is 1.72 bits per heavy atom. The Kier molecular flexibility index (Phi) is 9.51. The monoisotopic (exact) mass is 650 g/mol. The number of hydrogen-bond acceptors (Lipinski definition) is 6. The number of hydrogen-bond donors (Lipinski definition) is 2. The number of nitrogens with zero attached hydrogens (tertiary/aromatic N) is 5. The molecule has 240 valence electrons. The van der Waals surface area contributed by atoms with Crippen LogP contribution in [-0.2, 0) is 29.1 Å². The third kappa shape index (κ3) is 7.14. The SMILES string of the molecule is C=CCN1CC(=O)N2[C@@H](Cc3ccc(O)cc3)C(=O)N(Cc3cccc(-c4ccc(Cl)nc4)c3)C[C@@H]2N1C(=O)NCc1ccccc1. The van der Waals surface area contributed by atoms with Gasteiger partial charge in [-0.25, -0.2) is 19.8 Å². The second-order valence-electron chi connectivity index (χ2n) is 11.6. The maximum atomic E-state index is 14.3. The van der Waals surface area contributed by atoms with Gasteiger partial charge in [-0.1, -0.05) is 78.3 Å². The second-order valence-corrected chi connectivity index (χ2v) is 12.0. The van der Waals surface area contributed by atoms with Gasteiger partial charge in [0.1, 0.15) is 23.1 Å². The molecule has 0 aliphatic carbocycles. The molecule has 4 amide bonds. The van der Waals surface area contributed by atoms with Crippen LogP contribution in [0.2, 0.25) is 5.15 Å². The van der Waals surface area contributed by atoms with Crippen molar-refractivity contribution in [3.05, 3.63) is 132 Å². The molecule has 4 aromatic rings. The van der Waals surface area contributed by atoms with E-state index in [1.54, 1.807) is 62.4 Å². The molecule has 0 spiro atoms. The van der Waals surface area contributed by atoms with Crippen molar-refractivity contribution in [2.75, 3.05) is 19.6 Å². The summed E-state index contributed by atoms with van der Waals surface area (Å²) >= 11 is 6.00. The number of phenolic OH excluding ortho intramolecular Hbond substituents is 1. The van der Waals surface area contributed by atoms with E-state index >= 15 is 0 Å². The number of hydrazine groups is 1. The summed E-state index contributed by atoms with van der Waals surface area (Å²) in [5.74, 6) is -0.365. The van der Waals surface area contributed by atoms with E-state index in [1.807, 2.05) is 60.7 Å². The highest BCUT2D eigenvalue weighted by molar-refractivity contribution is 6.29. The molecule has 6 rings (SSSR count). The number of urea groups is 1. The first-order valence-corrected chi connectivity index (χ1v) is 15.7. The van der Waals surface area contributed by atoms with Crippen LogP contribution in [0.5, 0.6) is 5.75 Å². The predicted octanol–water partition coefficient (Wildman–Crippen LogP) is 4.84. The molecule has 2 aliphatic heterocycles. The Balaban J connectivity index is 1.34. The third-order valence-corrected chi connectivity index (χ3v) is 8.61.